The number of piperazine rings is 1. The smallest absolute Gasteiger partial charge is 0.329 e. The van der Waals surface area contributed by atoms with Crippen molar-refractivity contribution in [3.63, 3.8) is 0 Å². The first-order chi connectivity index (χ1) is 26.9. The SMILES string of the molecule is COc1cc2nn([C@H]3CC[C@H](CN4CCN(c5cccc6c5n(C)c(=O)n6C5CCC(=O)NC5=O)CC4)CC3)cc2cc1NC(=O)c1cccc(C(C)(C)F)n1. The maximum absolute atomic E-state index is 14.5. The number of rotatable bonds is 9. The molecule has 1 aliphatic carbocycles. The summed E-state index contributed by atoms with van der Waals surface area (Å²) in [5, 5.41) is 11.1. The van der Waals surface area contributed by atoms with Crippen molar-refractivity contribution in [2.75, 3.05) is 50.1 Å². The van der Waals surface area contributed by atoms with Gasteiger partial charge in [0.2, 0.25) is 11.8 Å². The lowest BCUT2D eigenvalue weighted by molar-refractivity contribution is -0.135. The number of hydrogen-bond donors (Lipinski definition) is 2. The minimum atomic E-state index is -1.67. The number of imidazole rings is 1. The van der Waals surface area contributed by atoms with E-state index in [9.17, 15) is 23.6 Å². The molecule has 294 valence electrons. The van der Waals surface area contributed by atoms with Gasteiger partial charge in [-0.2, -0.15) is 5.10 Å². The number of nitrogens with zero attached hydrogens (tertiary/aromatic N) is 7. The van der Waals surface area contributed by atoms with Crippen molar-refractivity contribution in [1.29, 1.82) is 0 Å². The highest BCUT2D eigenvalue weighted by Gasteiger charge is 2.33. The van der Waals surface area contributed by atoms with Crippen LogP contribution < -0.4 is 26.0 Å². The Morgan fingerprint density at radius 2 is 1.75 bits per heavy atom. The molecule has 0 bridgehead atoms. The van der Waals surface area contributed by atoms with Crippen LogP contribution in [0.4, 0.5) is 15.8 Å². The highest BCUT2D eigenvalue weighted by Crippen LogP contribution is 2.36. The molecule has 3 aromatic heterocycles. The fourth-order valence-corrected chi connectivity index (χ4v) is 8.63. The minimum absolute atomic E-state index is 0.120. The fourth-order valence-electron chi connectivity index (χ4n) is 8.63. The predicted octanol–water partition coefficient (Wildman–Crippen LogP) is 5.08. The van der Waals surface area contributed by atoms with Crippen LogP contribution >= 0.6 is 0 Å². The number of fused-ring (bicyclic) bond motifs is 2. The number of hydrogen-bond acceptors (Lipinski definition) is 9. The maximum atomic E-state index is 14.5. The van der Waals surface area contributed by atoms with Crippen molar-refractivity contribution in [3.05, 3.63) is 76.6 Å². The van der Waals surface area contributed by atoms with Gasteiger partial charge in [-0.25, -0.2) is 14.2 Å². The van der Waals surface area contributed by atoms with Crippen LogP contribution in [-0.4, -0.2) is 86.4 Å². The van der Waals surface area contributed by atoms with Crippen LogP contribution in [0.3, 0.4) is 0 Å². The van der Waals surface area contributed by atoms with Crippen molar-refractivity contribution >= 4 is 51.0 Å². The number of imide groups is 1. The Morgan fingerprint density at radius 1 is 1.00 bits per heavy atom. The number of para-hydroxylation sites is 1. The van der Waals surface area contributed by atoms with Crippen LogP contribution in [0.15, 0.2) is 59.5 Å². The van der Waals surface area contributed by atoms with Gasteiger partial charge in [-0.3, -0.25) is 38.4 Å². The van der Waals surface area contributed by atoms with Gasteiger partial charge in [0, 0.05) is 63.8 Å². The quantitative estimate of drug-likeness (QED) is 0.196. The fraction of sp³-hybridized carbons (Fsp3) is 0.463. The third kappa shape index (κ3) is 7.15. The molecule has 2 aromatic carbocycles. The number of pyridine rings is 1. The number of amides is 3. The zero-order valence-corrected chi connectivity index (χ0v) is 32.3. The zero-order valence-electron chi connectivity index (χ0n) is 32.3. The number of halogens is 1. The molecule has 8 rings (SSSR count). The number of piperidine rings is 1. The molecule has 15 heteroatoms. The summed E-state index contributed by atoms with van der Waals surface area (Å²) in [7, 11) is 3.30. The van der Waals surface area contributed by atoms with Crippen molar-refractivity contribution in [2.45, 2.75) is 70.1 Å². The summed E-state index contributed by atoms with van der Waals surface area (Å²) < 4.78 is 25.3. The number of nitrogens with one attached hydrogen (secondary N) is 2. The van der Waals surface area contributed by atoms with E-state index in [1.807, 2.05) is 36.5 Å². The van der Waals surface area contributed by atoms with Gasteiger partial charge in [0.05, 0.1) is 46.8 Å². The van der Waals surface area contributed by atoms with E-state index in [2.05, 4.69) is 30.1 Å². The van der Waals surface area contributed by atoms with E-state index < -0.39 is 23.5 Å². The molecule has 2 aliphatic heterocycles. The summed E-state index contributed by atoms with van der Waals surface area (Å²) in [5.41, 5.74) is 2.15. The highest BCUT2D eigenvalue weighted by molar-refractivity contribution is 6.05. The Balaban J connectivity index is 0.877. The molecule has 56 heavy (non-hydrogen) atoms. The zero-order chi connectivity index (χ0) is 39.3. The van der Waals surface area contributed by atoms with Crippen molar-refractivity contribution in [3.8, 4) is 5.75 Å². The van der Waals surface area contributed by atoms with Crippen molar-refractivity contribution in [1.82, 2.24) is 34.1 Å². The largest absolute Gasteiger partial charge is 0.494 e. The lowest BCUT2D eigenvalue weighted by Crippen LogP contribution is -2.48. The molecular formula is C41H48FN9O5. The van der Waals surface area contributed by atoms with Crippen molar-refractivity contribution < 1.29 is 23.5 Å². The Bertz CT molecular complexity index is 2380. The average molecular weight is 766 g/mol. The number of carbonyl (C=O) groups excluding carboxylic acids is 3. The minimum Gasteiger partial charge on any atom is -0.494 e. The van der Waals surface area contributed by atoms with E-state index in [-0.39, 0.29) is 35.4 Å². The molecular weight excluding hydrogens is 718 g/mol. The first-order valence-corrected chi connectivity index (χ1v) is 19.4. The summed E-state index contributed by atoms with van der Waals surface area (Å²) in [6.45, 7) is 7.35. The number of alkyl halides is 1. The first kappa shape index (κ1) is 37.4. The van der Waals surface area contributed by atoms with Crippen LogP contribution in [0.25, 0.3) is 21.9 Å². The van der Waals surface area contributed by atoms with E-state index in [0.29, 0.717) is 29.3 Å². The molecule has 3 amide bonds. The molecule has 1 unspecified atom stereocenters. The Morgan fingerprint density at radius 3 is 2.46 bits per heavy atom. The summed E-state index contributed by atoms with van der Waals surface area (Å²) in [6.07, 6.45) is 6.79. The van der Waals surface area contributed by atoms with E-state index >= 15 is 0 Å². The third-order valence-corrected chi connectivity index (χ3v) is 11.7. The van der Waals surface area contributed by atoms with Gasteiger partial charge in [0.25, 0.3) is 5.91 Å². The lowest BCUT2D eigenvalue weighted by atomic mass is 9.85. The highest BCUT2D eigenvalue weighted by atomic mass is 19.1. The molecule has 0 radical (unpaired) electrons. The second-order valence-corrected chi connectivity index (χ2v) is 15.8. The molecule has 1 saturated carbocycles. The molecule has 14 nitrogen and oxygen atoms in total. The van der Waals surface area contributed by atoms with Gasteiger partial charge in [-0.15, -0.1) is 0 Å². The monoisotopic (exact) mass is 765 g/mol. The summed E-state index contributed by atoms with van der Waals surface area (Å²) in [4.78, 5) is 60.2. The van der Waals surface area contributed by atoms with E-state index in [1.54, 1.807) is 41.5 Å². The van der Waals surface area contributed by atoms with Crippen LogP contribution in [0, 0.1) is 5.92 Å². The van der Waals surface area contributed by atoms with E-state index in [0.717, 1.165) is 80.5 Å². The number of anilines is 2. The number of aryl methyl sites for hydroxylation is 1. The first-order valence-electron chi connectivity index (χ1n) is 19.4. The van der Waals surface area contributed by atoms with Crippen molar-refractivity contribution in [2.24, 2.45) is 13.0 Å². The second-order valence-electron chi connectivity index (χ2n) is 15.8. The summed E-state index contributed by atoms with van der Waals surface area (Å²) >= 11 is 0. The number of benzene rings is 2. The maximum Gasteiger partial charge on any atom is 0.329 e. The molecule has 5 heterocycles. The van der Waals surface area contributed by atoms with Crippen LogP contribution in [0.2, 0.25) is 0 Å². The molecule has 2 N–H and O–H groups in total. The summed E-state index contributed by atoms with van der Waals surface area (Å²) in [5.74, 6) is -0.115. The Hall–Kier alpha value is -5.57. The van der Waals surface area contributed by atoms with Crippen LogP contribution in [0.5, 0.6) is 5.75 Å². The van der Waals surface area contributed by atoms with Gasteiger partial charge in [0.15, 0.2) is 0 Å². The van der Waals surface area contributed by atoms with Gasteiger partial charge < -0.3 is 15.0 Å². The van der Waals surface area contributed by atoms with E-state index in [4.69, 9.17) is 9.84 Å². The van der Waals surface area contributed by atoms with E-state index in [1.165, 1.54) is 13.8 Å². The second kappa shape index (κ2) is 14.8. The molecule has 1 atom stereocenters. The molecule has 3 aliphatic rings. The van der Waals surface area contributed by atoms with Gasteiger partial charge in [-0.1, -0.05) is 12.1 Å². The number of aromatic nitrogens is 5. The number of ether oxygens (including phenoxy) is 1. The van der Waals surface area contributed by atoms with Crippen LogP contribution in [-0.2, 0) is 22.3 Å². The van der Waals surface area contributed by atoms with Gasteiger partial charge >= 0.3 is 5.69 Å². The average Bonchev–Trinajstić information content (AvgIpc) is 3.72. The predicted molar refractivity (Wildman–Crippen MR) is 211 cm³/mol. The third-order valence-electron chi connectivity index (χ3n) is 11.7. The molecule has 3 fully saturated rings. The Kier molecular flexibility index (Phi) is 9.89. The van der Waals surface area contributed by atoms with Gasteiger partial charge in [-0.05, 0) is 82.2 Å². The number of methoxy groups -OCH3 is 1. The molecule has 5 aromatic rings. The normalized spacial score (nSPS) is 21.1. The standard InChI is InChI=1S/C41H48FN9O5/c1-41(2,42)35-10-5-7-28(43-35)38(53)44-30-21-26-24-50(46-29(26)22-34(30)56-4)27-13-11-25(12-14-27)23-48-17-19-49(20-18-48)31-8-6-9-32-37(31)47(3)40(55)51(32)33-15-16-36(52)45-39(33)54/h5-10,21-22,24-25,27,33H,11-20,23H2,1-4H3,(H,44,53)(H,45,52,54)/t25-,27-,33?. The topological polar surface area (TPSA) is 149 Å². The molecule has 0 spiro atoms. The Labute approximate surface area is 323 Å². The van der Waals surface area contributed by atoms with Crippen LogP contribution in [0.1, 0.15) is 80.6 Å². The van der Waals surface area contributed by atoms with Gasteiger partial charge in [0.1, 0.15) is 23.2 Å². The molecule has 2 saturated heterocycles. The number of carbonyl (C=O) groups is 3. The summed E-state index contributed by atoms with van der Waals surface area (Å²) in [6, 6.07) is 13.9. The lowest BCUT2D eigenvalue weighted by Gasteiger charge is -2.39.